The van der Waals surface area contributed by atoms with Crippen LogP contribution in [0.25, 0.3) is 0 Å². The number of aromatic nitrogens is 4. The van der Waals surface area contributed by atoms with Crippen LogP contribution in [0.3, 0.4) is 0 Å². The molecule has 0 saturated heterocycles. The first-order chi connectivity index (χ1) is 8.43. The van der Waals surface area contributed by atoms with Crippen molar-refractivity contribution in [3.05, 3.63) is 5.82 Å². The van der Waals surface area contributed by atoms with Crippen molar-refractivity contribution in [1.29, 1.82) is 0 Å². The van der Waals surface area contributed by atoms with E-state index in [2.05, 4.69) is 15.4 Å². The zero-order chi connectivity index (χ0) is 13.6. The molecule has 1 heterocycles. The summed E-state index contributed by atoms with van der Waals surface area (Å²) in [6, 6.07) is 0. The van der Waals surface area contributed by atoms with Crippen molar-refractivity contribution in [2.75, 3.05) is 6.67 Å². The number of amides is 1. The molecule has 0 bridgehead atoms. The quantitative estimate of drug-likeness (QED) is 0.782. The molecule has 0 unspecified atom stereocenters. The molecule has 0 aliphatic heterocycles. The zero-order valence-corrected chi connectivity index (χ0v) is 10.6. The highest BCUT2D eigenvalue weighted by atomic mass is 19.1. The Labute approximate surface area is 104 Å². The van der Waals surface area contributed by atoms with Crippen LogP contribution in [0.2, 0.25) is 0 Å². The number of nitrogens with two attached hydrogens (primary N) is 1. The molecule has 2 N–H and O–H groups in total. The van der Waals surface area contributed by atoms with Gasteiger partial charge in [-0.25, -0.2) is 9.18 Å². The number of hydrogen-bond donors (Lipinski definition) is 1. The second kappa shape index (κ2) is 6.27. The Hall–Kier alpha value is -1.73. The van der Waals surface area contributed by atoms with Gasteiger partial charge in [0.2, 0.25) is 0 Å². The Kier molecular flexibility index (Phi) is 4.99. The maximum absolute atomic E-state index is 12.0. The smallest absolute Gasteiger partial charge is 0.405 e. The van der Waals surface area contributed by atoms with E-state index in [4.69, 9.17) is 10.5 Å². The molecule has 0 saturated carbocycles. The average molecular weight is 259 g/mol. The van der Waals surface area contributed by atoms with Crippen LogP contribution in [0.5, 0.6) is 0 Å². The lowest BCUT2D eigenvalue weighted by molar-refractivity contribution is 0.0377. The third kappa shape index (κ3) is 5.07. The molecule has 7 nitrogen and oxygen atoms in total. The van der Waals surface area contributed by atoms with Gasteiger partial charge in [0.1, 0.15) is 12.3 Å². The van der Waals surface area contributed by atoms with Crippen molar-refractivity contribution >= 4 is 6.09 Å². The first-order valence-corrected chi connectivity index (χ1v) is 5.74. The molecule has 0 aliphatic rings. The third-order valence-corrected chi connectivity index (χ3v) is 2.33. The van der Waals surface area contributed by atoms with E-state index in [1.54, 1.807) is 13.8 Å². The van der Waals surface area contributed by atoms with Gasteiger partial charge in [0.05, 0.1) is 6.54 Å². The Morgan fingerprint density at radius 2 is 2.28 bits per heavy atom. The molecule has 0 aliphatic carbocycles. The number of tetrazole rings is 1. The monoisotopic (exact) mass is 259 g/mol. The van der Waals surface area contributed by atoms with Crippen LogP contribution in [0.4, 0.5) is 9.18 Å². The maximum atomic E-state index is 12.0. The number of nitrogens with zero attached hydrogens (tertiary/aromatic N) is 4. The highest BCUT2D eigenvalue weighted by molar-refractivity contribution is 5.65. The molecule has 8 heteroatoms. The Balaban J connectivity index is 2.34. The average Bonchev–Trinajstić information content (AvgIpc) is 2.64. The number of carbonyl (C=O) groups is 1. The van der Waals surface area contributed by atoms with Crippen molar-refractivity contribution in [3.63, 3.8) is 0 Å². The van der Waals surface area contributed by atoms with E-state index in [9.17, 15) is 9.18 Å². The number of aryl methyl sites for hydroxylation is 2. The number of carbonyl (C=O) groups excluding carboxylic acids is 1. The molecular formula is C10H18FN5O2. The van der Waals surface area contributed by atoms with Gasteiger partial charge in [-0.3, -0.25) is 0 Å². The summed E-state index contributed by atoms with van der Waals surface area (Å²) in [5.74, 6) is 0.554. The minimum atomic E-state index is -0.785. The molecular weight excluding hydrogens is 241 g/mol. The molecule has 1 aromatic heterocycles. The molecule has 102 valence electrons. The molecule has 1 amide bonds. The van der Waals surface area contributed by atoms with E-state index in [-0.39, 0.29) is 6.54 Å². The van der Waals surface area contributed by atoms with Crippen LogP contribution in [0.15, 0.2) is 0 Å². The standard InChI is InChI=1S/C10H18FN5O2/c1-10(2,18-9(12)17)5-3-4-8-13-15-16(14-8)7-6-11/h3-7H2,1-2H3,(H2,12,17). The van der Waals surface area contributed by atoms with E-state index in [1.165, 1.54) is 4.80 Å². The van der Waals surface area contributed by atoms with Crippen molar-refractivity contribution in [3.8, 4) is 0 Å². The van der Waals surface area contributed by atoms with E-state index < -0.39 is 18.4 Å². The second-order valence-corrected chi connectivity index (χ2v) is 4.52. The van der Waals surface area contributed by atoms with Gasteiger partial charge in [0.15, 0.2) is 5.82 Å². The van der Waals surface area contributed by atoms with Gasteiger partial charge < -0.3 is 10.5 Å². The van der Waals surface area contributed by atoms with E-state index >= 15 is 0 Å². The summed E-state index contributed by atoms with van der Waals surface area (Å²) >= 11 is 0. The number of primary amides is 1. The van der Waals surface area contributed by atoms with Gasteiger partial charge in [0, 0.05) is 6.42 Å². The van der Waals surface area contributed by atoms with Crippen LogP contribution in [0, 0.1) is 0 Å². The van der Waals surface area contributed by atoms with Gasteiger partial charge in [0.25, 0.3) is 0 Å². The Morgan fingerprint density at radius 3 is 2.89 bits per heavy atom. The van der Waals surface area contributed by atoms with Gasteiger partial charge in [-0.1, -0.05) is 0 Å². The molecule has 0 spiro atoms. The predicted octanol–water partition coefficient (Wildman–Crippen LogP) is 0.839. The van der Waals surface area contributed by atoms with E-state index in [0.717, 1.165) is 6.42 Å². The van der Waals surface area contributed by atoms with Crippen LogP contribution in [0.1, 0.15) is 32.5 Å². The molecule has 18 heavy (non-hydrogen) atoms. The molecule has 0 radical (unpaired) electrons. The van der Waals surface area contributed by atoms with Crippen LogP contribution in [-0.4, -0.2) is 38.6 Å². The highest BCUT2D eigenvalue weighted by Gasteiger charge is 2.21. The Bertz CT molecular complexity index is 393. The lowest BCUT2D eigenvalue weighted by Crippen LogP contribution is -2.31. The normalized spacial score (nSPS) is 11.5. The number of halogens is 1. The number of ether oxygens (including phenoxy) is 1. The van der Waals surface area contributed by atoms with E-state index in [1.807, 2.05) is 0 Å². The van der Waals surface area contributed by atoms with Crippen LogP contribution < -0.4 is 5.73 Å². The van der Waals surface area contributed by atoms with Crippen molar-refractivity contribution in [2.24, 2.45) is 5.73 Å². The first kappa shape index (κ1) is 14.3. The van der Waals surface area contributed by atoms with Gasteiger partial charge >= 0.3 is 6.09 Å². The number of rotatable bonds is 7. The first-order valence-electron chi connectivity index (χ1n) is 5.74. The topological polar surface area (TPSA) is 95.9 Å². The van der Waals surface area contributed by atoms with Crippen molar-refractivity contribution in [2.45, 2.75) is 45.3 Å². The fourth-order valence-electron chi connectivity index (χ4n) is 1.54. The third-order valence-electron chi connectivity index (χ3n) is 2.33. The Morgan fingerprint density at radius 1 is 1.56 bits per heavy atom. The van der Waals surface area contributed by atoms with Gasteiger partial charge in [-0.2, -0.15) is 4.80 Å². The summed E-state index contributed by atoms with van der Waals surface area (Å²) in [5.41, 5.74) is 4.35. The fraction of sp³-hybridized carbons (Fsp3) is 0.800. The fourth-order valence-corrected chi connectivity index (χ4v) is 1.54. The number of alkyl halides is 1. The lowest BCUT2D eigenvalue weighted by atomic mass is 10.0. The largest absolute Gasteiger partial charge is 0.444 e. The highest BCUT2D eigenvalue weighted by Crippen LogP contribution is 2.17. The van der Waals surface area contributed by atoms with Crippen LogP contribution >= 0.6 is 0 Å². The predicted molar refractivity (Wildman–Crippen MR) is 61.5 cm³/mol. The summed E-state index contributed by atoms with van der Waals surface area (Å²) in [6.45, 7) is 3.16. The summed E-state index contributed by atoms with van der Waals surface area (Å²) in [5, 5.41) is 11.5. The summed E-state index contributed by atoms with van der Waals surface area (Å²) in [4.78, 5) is 11.9. The summed E-state index contributed by atoms with van der Waals surface area (Å²) in [6.07, 6.45) is 1.17. The number of hydrogen-bond acceptors (Lipinski definition) is 5. The van der Waals surface area contributed by atoms with Crippen molar-refractivity contribution in [1.82, 2.24) is 20.2 Å². The SMILES string of the molecule is CC(C)(CCCc1nnn(CCF)n1)OC(N)=O. The molecule has 0 fully saturated rings. The van der Waals surface area contributed by atoms with E-state index in [0.29, 0.717) is 18.7 Å². The lowest BCUT2D eigenvalue weighted by Gasteiger charge is -2.23. The minimum Gasteiger partial charge on any atom is -0.444 e. The van der Waals surface area contributed by atoms with Gasteiger partial charge in [-0.15, -0.1) is 10.2 Å². The second-order valence-electron chi connectivity index (χ2n) is 4.52. The van der Waals surface area contributed by atoms with Crippen LogP contribution in [-0.2, 0) is 17.7 Å². The maximum Gasteiger partial charge on any atom is 0.405 e. The summed E-state index contributed by atoms with van der Waals surface area (Å²) < 4.78 is 17.0. The van der Waals surface area contributed by atoms with Gasteiger partial charge in [-0.05, 0) is 31.9 Å². The molecule has 1 rings (SSSR count). The molecule has 0 aromatic carbocycles. The molecule has 0 atom stereocenters. The summed E-state index contributed by atoms with van der Waals surface area (Å²) in [7, 11) is 0. The zero-order valence-electron chi connectivity index (χ0n) is 10.6. The minimum absolute atomic E-state index is 0.114. The van der Waals surface area contributed by atoms with Crippen molar-refractivity contribution < 1.29 is 13.9 Å². The molecule has 1 aromatic rings.